The predicted molar refractivity (Wildman–Crippen MR) is 70.0 cm³/mol. The first-order valence-corrected chi connectivity index (χ1v) is 6.53. The number of aliphatic hydroxyl groups is 1. The molecular formula is C15H20O3. The van der Waals surface area contributed by atoms with Crippen LogP contribution in [0.5, 0.6) is 0 Å². The van der Waals surface area contributed by atoms with Crippen molar-refractivity contribution in [1.29, 1.82) is 0 Å². The quantitative estimate of drug-likeness (QED) is 0.611. The number of hydrogen-bond donors (Lipinski definition) is 1. The van der Waals surface area contributed by atoms with Gasteiger partial charge in [-0.1, -0.05) is 31.1 Å². The van der Waals surface area contributed by atoms with Gasteiger partial charge >= 0.3 is 0 Å². The van der Waals surface area contributed by atoms with E-state index in [4.69, 9.17) is 15.9 Å². The maximum absolute atomic E-state index is 9.99. The molecule has 0 aliphatic carbocycles. The zero-order valence-electron chi connectivity index (χ0n) is 10.7. The first-order chi connectivity index (χ1) is 8.74. The van der Waals surface area contributed by atoms with E-state index in [1.165, 1.54) is 0 Å². The Bertz CT molecular complexity index is 366. The highest BCUT2D eigenvalue weighted by Gasteiger charge is 2.40. The van der Waals surface area contributed by atoms with Crippen molar-refractivity contribution in [2.24, 2.45) is 0 Å². The van der Waals surface area contributed by atoms with E-state index < -0.39 is 6.10 Å². The Kier molecular flexibility index (Phi) is 4.60. The van der Waals surface area contributed by atoms with Crippen molar-refractivity contribution in [3.63, 3.8) is 0 Å². The van der Waals surface area contributed by atoms with E-state index in [1.807, 2.05) is 12.2 Å². The molecule has 2 rings (SSSR count). The molecule has 1 N–H and O–H groups in total. The topological polar surface area (TPSA) is 38.7 Å². The van der Waals surface area contributed by atoms with E-state index in [-0.39, 0.29) is 24.4 Å². The highest BCUT2D eigenvalue weighted by atomic mass is 16.6. The van der Waals surface area contributed by atoms with Gasteiger partial charge in [-0.05, 0) is 18.9 Å². The number of hydrogen-bond acceptors (Lipinski definition) is 3. The SMILES string of the molecule is C#CC=CCC1OC2CC1OC(CC)C=CC2O. The number of ether oxygens (including phenoxy) is 2. The van der Waals surface area contributed by atoms with Gasteiger partial charge in [0, 0.05) is 6.42 Å². The van der Waals surface area contributed by atoms with Crippen LogP contribution in [0.3, 0.4) is 0 Å². The van der Waals surface area contributed by atoms with Gasteiger partial charge in [0.25, 0.3) is 0 Å². The summed E-state index contributed by atoms with van der Waals surface area (Å²) in [6.07, 6.45) is 14.3. The van der Waals surface area contributed by atoms with Crippen molar-refractivity contribution in [3.05, 3.63) is 24.3 Å². The van der Waals surface area contributed by atoms with E-state index in [1.54, 1.807) is 12.2 Å². The summed E-state index contributed by atoms with van der Waals surface area (Å²) in [6.45, 7) is 2.07. The van der Waals surface area contributed by atoms with Gasteiger partial charge in [0.1, 0.15) is 0 Å². The van der Waals surface area contributed by atoms with E-state index in [9.17, 15) is 5.11 Å². The Morgan fingerprint density at radius 2 is 2.22 bits per heavy atom. The summed E-state index contributed by atoms with van der Waals surface area (Å²) in [6, 6.07) is 0. The van der Waals surface area contributed by atoms with Crippen LogP contribution in [0.15, 0.2) is 24.3 Å². The summed E-state index contributed by atoms with van der Waals surface area (Å²) < 4.78 is 11.9. The molecule has 5 unspecified atom stereocenters. The fourth-order valence-electron chi connectivity index (χ4n) is 2.45. The average molecular weight is 248 g/mol. The van der Waals surface area contributed by atoms with Crippen LogP contribution in [0.1, 0.15) is 26.2 Å². The van der Waals surface area contributed by atoms with Gasteiger partial charge in [-0.25, -0.2) is 0 Å². The lowest BCUT2D eigenvalue weighted by atomic mass is 10.0. The third-order valence-corrected chi connectivity index (χ3v) is 3.47. The van der Waals surface area contributed by atoms with E-state index in [0.29, 0.717) is 0 Å². The van der Waals surface area contributed by atoms with Crippen LogP contribution >= 0.6 is 0 Å². The maximum Gasteiger partial charge on any atom is 0.0984 e. The summed E-state index contributed by atoms with van der Waals surface area (Å²) in [7, 11) is 0. The largest absolute Gasteiger partial charge is 0.386 e. The molecule has 0 saturated carbocycles. The molecule has 0 spiro atoms. The summed E-state index contributed by atoms with van der Waals surface area (Å²) >= 11 is 0. The summed E-state index contributed by atoms with van der Waals surface area (Å²) in [5, 5.41) is 9.99. The van der Waals surface area contributed by atoms with Gasteiger partial charge in [0.05, 0.1) is 30.5 Å². The van der Waals surface area contributed by atoms with Crippen LogP contribution in [-0.2, 0) is 9.47 Å². The molecular weight excluding hydrogens is 228 g/mol. The zero-order chi connectivity index (χ0) is 13.0. The lowest BCUT2D eigenvalue weighted by molar-refractivity contribution is -0.0489. The number of rotatable bonds is 3. The molecule has 3 heteroatoms. The molecule has 98 valence electrons. The van der Waals surface area contributed by atoms with Crippen molar-refractivity contribution in [3.8, 4) is 12.3 Å². The molecule has 1 saturated heterocycles. The second kappa shape index (κ2) is 6.19. The van der Waals surface area contributed by atoms with Crippen LogP contribution in [0.2, 0.25) is 0 Å². The average Bonchev–Trinajstić information content (AvgIpc) is 2.77. The van der Waals surface area contributed by atoms with Crippen molar-refractivity contribution in [2.45, 2.75) is 56.7 Å². The highest BCUT2D eigenvalue weighted by molar-refractivity contribution is 5.10. The minimum Gasteiger partial charge on any atom is -0.386 e. The summed E-state index contributed by atoms with van der Waals surface area (Å²) in [4.78, 5) is 0. The first-order valence-electron chi connectivity index (χ1n) is 6.53. The Morgan fingerprint density at radius 3 is 2.94 bits per heavy atom. The standard InChI is InChI=1S/C15H20O3/c1-3-5-6-7-13-15-10-14(18-13)12(16)9-8-11(4-2)17-15/h1,5-6,8-9,11-16H,4,7,10H2,2H3. The van der Waals surface area contributed by atoms with Gasteiger partial charge in [-0.15, -0.1) is 6.42 Å². The minimum atomic E-state index is -0.535. The van der Waals surface area contributed by atoms with E-state index in [2.05, 4.69) is 12.8 Å². The third kappa shape index (κ3) is 3.02. The molecule has 5 atom stereocenters. The Morgan fingerprint density at radius 1 is 1.39 bits per heavy atom. The molecule has 1 fully saturated rings. The van der Waals surface area contributed by atoms with E-state index in [0.717, 1.165) is 19.3 Å². The van der Waals surface area contributed by atoms with Gasteiger partial charge in [0.15, 0.2) is 0 Å². The van der Waals surface area contributed by atoms with Crippen LogP contribution in [0.4, 0.5) is 0 Å². The van der Waals surface area contributed by atoms with Gasteiger partial charge in [-0.2, -0.15) is 0 Å². The molecule has 18 heavy (non-hydrogen) atoms. The normalized spacial score (nSPS) is 39.5. The second-order valence-corrected chi connectivity index (χ2v) is 4.75. The molecule has 2 aliphatic heterocycles. The second-order valence-electron chi connectivity index (χ2n) is 4.75. The fraction of sp³-hybridized carbons (Fsp3) is 0.600. The summed E-state index contributed by atoms with van der Waals surface area (Å²) in [5.74, 6) is 2.47. The van der Waals surface area contributed by atoms with Crippen LogP contribution in [0.25, 0.3) is 0 Å². The number of aliphatic hydroxyl groups excluding tert-OH is 1. The molecule has 0 amide bonds. The number of fused-ring (bicyclic) bond motifs is 2. The highest BCUT2D eigenvalue weighted by Crippen LogP contribution is 2.31. The molecule has 2 aliphatic rings. The zero-order valence-corrected chi connectivity index (χ0v) is 10.7. The van der Waals surface area contributed by atoms with Crippen molar-refractivity contribution < 1.29 is 14.6 Å². The lowest BCUT2D eigenvalue weighted by Gasteiger charge is -2.23. The molecule has 0 aromatic heterocycles. The molecule has 0 aromatic rings. The molecule has 2 bridgehead atoms. The van der Waals surface area contributed by atoms with Gasteiger partial charge in [-0.3, -0.25) is 0 Å². The van der Waals surface area contributed by atoms with E-state index >= 15 is 0 Å². The Labute approximate surface area is 108 Å². The van der Waals surface area contributed by atoms with Crippen molar-refractivity contribution in [2.75, 3.05) is 0 Å². The smallest absolute Gasteiger partial charge is 0.0984 e. The summed E-state index contributed by atoms with van der Waals surface area (Å²) in [5.41, 5.74) is 0. The molecule has 0 aromatic carbocycles. The molecule has 2 heterocycles. The van der Waals surface area contributed by atoms with Crippen LogP contribution in [-0.4, -0.2) is 35.6 Å². The monoisotopic (exact) mass is 248 g/mol. The predicted octanol–water partition coefficient (Wildman–Crippen LogP) is 1.82. The number of allylic oxidation sites excluding steroid dienone is 1. The van der Waals surface area contributed by atoms with Gasteiger partial charge in [0.2, 0.25) is 0 Å². The lowest BCUT2D eigenvalue weighted by Crippen LogP contribution is -2.29. The fourth-order valence-corrected chi connectivity index (χ4v) is 2.45. The van der Waals surface area contributed by atoms with Crippen LogP contribution in [0, 0.1) is 12.3 Å². The molecule has 3 nitrogen and oxygen atoms in total. The maximum atomic E-state index is 9.99. The van der Waals surface area contributed by atoms with Crippen molar-refractivity contribution >= 4 is 0 Å². The van der Waals surface area contributed by atoms with Crippen molar-refractivity contribution in [1.82, 2.24) is 0 Å². The third-order valence-electron chi connectivity index (χ3n) is 3.47. The Balaban J connectivity index is 2.05. The van der Waals surface area contributed by atoms with Crippen LogP contribution < -0.4 is 0 Å². The Hall–Kier alpha value is -1.08. The minimum absolute atomic E-state index is 0.0109. The first kappa shape index (κ1) is 13.4. The van der Waals surface area contributed by atoms with Gasteiger partial charge < -0.3 is 14.6 Å². The number of terminal acetylenes is 1. The molecule has 0 radical (unpaired) electrons.